The van der Waals surface area contributed by atoms with Crippen LogP contribution >= 0.6 is 0 Å². The van der Waals surface area contributed by atoms with Gasteiger partial charge in [0, 0.05) is 0 Å². The zero-order valence-corrected chi connectivity index (χ0v) is 13.7. The predicted molar refractivity (Wildman–Crippen MR) is 55.6 cm³/mol. The average Bonchev–Trinajstić information content (AvgIpc) is 2.41. The minimum absolute atomic E-state index is 1.42. The summed E-state index contributed by atoms with van der Waals surface area (Å²) in [5, 5.41) is -0.856. The maximum absolute atomic E-state index is 13.3. The van der Waals surface area contributed by atoms with Crippen molar-refractivity contribution in [3.63, 3.8) is 0 Å². The Balaban J connectivity index is 0. The Labute approximate surface area is 156 Å². The van der Waals surface area contributed by atoms with Gasteiger partial charge in [0.2, 0.25) is 0 Å². The Hall–Kier alpha value is -1.78. The summed E-state index contributed by atoms with van der Waals surface area (Å²) in [4.78, 5) is 0. The van der Waals surface area contributed by atoms with Crippen molar-refractivity contribution >= 4 is 10.2 Å². The molecule has 31 heavy (non-hydrogen) atoms. The fourth-order valence-electron chi connectivity index (χ4n) is 0.877. The van der Waals surface area contributed by atoms with Crippen LogP contribution in [-0.2, 0) is 19.7 Å². The number of rotatable bonds is 7. The molecule has 1 N–H and O–H groups in total. The Bertz CT molecular complexity index is 741. The summed E-state index contributed by atoms with van der Waals surface area (Å²) in [5.74, 6) is -7.57. The third kappa shape index (κ3) is 8.01. The molecule has 0 saturated heterocycles. The summed E-state index contributed by atoms with van der Waals surface area (Å²) in [6.07, 6.45) is -31.3. The molecule has 1 unspecified atom stereocenters. The van der Waals surface area contributed by atoms with Crippen molar-refractivity contribution in [3.05, 3.63) is 12.1 Å². The van der Waals surface area contributed by atoms with Crippen molar-refractivity contribution in [3.8, 4) is 0 Å². The number of halogens is 17. The van der Waals surface area contributed by atoms with Crippen LogP contribution in [0.3, 0.4) is 0 Å². The standard InChI is InChI=1S/C7F14O4S.CHF3O/c8-1(9)2(10)24-5(15,16)3(11,4(12,13)14)25-6(17,18)7(19,20)26(21,22)23;2-1(3,4)5/h;5H. The van der Waals surface area contributed by atoms with Crippen LogP contribution in [0.15, 0.2) is 12.1 Å². The topological polar surface area (TPSA) is 72.8 Å². The summed E-state index contributed by atoms with van der Waals surface area (Å²) < 4.78 is 226. The van der Waals surface area contributed by atoms with Crippen LogP contribution in [0.4, 0.5) is 74.1 Å². The second-order valence-corrected chi connectivity index (χ2v) is 5.68. The first kappa shape index (κ1) is 31.4. The van der Waals surface area contributed by atoms with Crippen LogP contribution < -0.4 is 0 Å². The van der Waals surface area contributed by atoms with E-state index >= 15 is 0 Å². The molecule has 0 aromatic heterocycles. The molecule has 0 spiro atoms. The Morgan fingerprint density at radius 1 is 0.710 bits per heavy atom. The minimum Gasteiger partial charge on any atom is -0.398 e. The van der Waals surface area contributed by atoms with Gasteiger partial charge in [-0.25, -0.2) is 0 Å². The molecule has 0 aliphatic heterocycles. The molecule has 0 rings (SSSR count). The quantitative estimate of drug-likeness (QED) is 0.288. The third-order valence-corrected chi connectivity index (χ3v) is 2.87. The van der Waals surface area contributed by atoms with E-state index in [1.807, 2.05) is 4.74 Å². The minimum atomic E-state index is -7.89. The highest BCUT2D eigenvalue weighted by Crippen LogP contribution is 2.53. The monoisotopic (exact) mass is 532 g/mol. The van der Waals surface area contributed by atoms with Gasteiger partial charge in [-0.15, -0.1) is 13.2 Å². The van der Waals surface area contributed by atoms with Crippen LogP contribution in [0.25, 0.3) is 0 Å². The van der Waals surface area contributed by atoms with Gasteiger partial charge in [-0.3, -0.25) is 4.74 Å². The first-order valence-corrected chi connectivity index (χ1v) is 7.14. The van der Waals surface area contributed by atoms with Crippen molar-refractivity contribution < 1.29 is 97.1 Å². The van der Waals surface area contributed by atoms with Gasteiger partial charge >= 0.3 is 58.2 Å². The summed E-state index contributed by atoms with van der Waals surface area (Å²) >= 11 is 0. The molecule has 0 aromatic rings. The molecule has 0 amide bonds. The third-order valence-electron chi connectivity index (χ3n) is 2.02. The van der Waals surface area contributed by atoms with Gasteiger partial charge in [0.25, 0.3) is 0 Å². The van der Waals surface area contributed by atoms with E-state index in [0.717, 1.165) is 0 Å². The molecule has 0 heterocycles. The van der Waals surface area contributed by atoms with Crippen LogP contribution in [0.5, 0.6) is 0 Å². The summed E-state index contributed by atoms with van der Waals surface area (Å²) in [6.45, 7) is 0. The van der Waals surface area contributed by atoms with E-state index in [1.165, 1.54) is 4.74 Å². The van der Waals surface area contributed by atoms with Crippen molar-refractivity contribution in [2.75, 3.05) is 0 Å². The molecular formula is C8HF17O5S. The summed E-state index contributed by atoms with van der Waals surface area (Å²) in [7, 11) is -7.89. The number of hydrogen-bond donors (Lipinski definition) is 1. The van der Waals surface area contributed by atoms with Crippen molar-refractivity contribution in [2.24, 2.45) is 0 Å². The van der Waals surface area contributed by atoms with Gasteiger partial charge in [0.1, 0.15) is 0 Å². The smallest absolute Gasteiger partial charge is 0.398 e. The fraction of sp³-hybridized carbons (Fsp3) is 0.750. The second kappa shape index (κ2) is 8.99. The molecule has 0 bridgehead atoms. The highest BCUT2D eigenvalue weighted by molar-refractivity contribution is 7.87. The maximum atomic E-state index is 13.3. The van der Waals surface area contributed by atoms with Crippen LogP contribution in [-0.4, -0.2) is 49.4 Å². The van der Waals surface area contributed by atoms with E-state index < -0.39 is 58.2 Å². The lowest BCUT2D eigenvalue weighted by Crippen LogP contribution is -2.64. The lowest BCUT2D eigenvalue weighted by Gasteiger charge is -2.36. The van der Waals surface area contributed by atoms with E-state index in [-0.39, 0.29) is 0 Å². The summed E-state index contributed by atoms with van der Waals surface area (Å²) in [5.41, 5.74) is 0. The van der Waals surface area contributed by atoms with Crippen LogP contribution in [0.1, 0.15) is 0 Å². The summed E-state index contributed by atoms with van der Waals surface area (Å²) in [6, 6.07) is -3.97. The first-order valence-electron chi connectivity index (χ1n) is 5.76. The van der Waals surface area contributed by atoms with E-state index in [2.05, 4.69) is 0 Å². The van der Waals surface area contributed by atoms with Crippen LogP contribution in [0, 0.1) is 0 Å². The molecule has 188 valence electrons. The van der Waals surface area contributed by atoms with E-state index in [0.29, 0.717) is 0 Å². The lowest BCUT2D eigenvalue weighted by atomic mass is 10.2. The van der Waals surface area contributed by atoms with Gasteiger partial charge in [-0.05, 0) is 0 Å². The van der Waals surface area contributed by atoms with E-state index in [9.17, 15) is 82.6 Å². The largest absolute Gasteiger partial charge is 0.519 e. The van der Waals surface area contributed by atoms with Crippen molar-refractivity contribution in [2.45, 2.75) is 35.9 Å². The normalized spacial score (nSPS) is 16.1. The van der Waals surface area contributed by atoms with Gasteiger partial charge < -0.3 is 9.84 Å². The molecule has 0 aliphatic carbocycles. The first-order chi connectivity index (χ1) is 13.0. The average molecular weight is 532 g/mol. The number of alkyl halides is 13. The van der Waals surface area contributed by atoms with Gasteiger partial charge in [0.05, 0.1) is 0 Å². The number of ether oxygens (including phenoxy) is 2. The molecule has 0 radical (unpaired) electrons. The molecular weight excluding hydrogens is 531 g/mol. The Morgan fingerprint density at radius 2 is 1.03 bits per heavy atom. The molecule has 0 fully saturated rings. The number of aliphatic hydroxyl groups is 1. The fourth-order valence-corrected chi connectivity index (χ4v) is 1.20. The van der Waals surface area contributed by atoms with E-state index in [1.54, 1.807) is 0 Å². The zero-order valence-electron chi connectivity index (χ0n) is 12.9. The van der Waals surface area contributed by atoms with Gasteiger partial charge in [-0.2, -0.15) is 65.5 Å². The Morgan fingerprint density at radius 3 is 1.26 bits per heavy atom. The lowest BCUT2D eigenvalue weighted by molar-refractivity contribution is -0.510. The molecule has 0 aromatic carbocycles. The molecule has 0 aliphatic rings. The zero-order chi connectivity index (χ0) is 26.1. The number of hydrogen-bond acceptors (Lipinski definition) is 5. The second-order valence-electron chi connectivity index (χ2n) is 4.29. The predicted octanol–water partition coefficient (Wildman–Crippen LogP) is 4.86. The van der Waals surface area contributed by atoms with Gasteiger partial charge in [-0.1, -0.05) is 3.89 Å². The van der Waals surface area contributed by atoms with Gasteiger partial charge in [0.15, 0.2) is 0 Å². The maximum Gasteiger partial charge on any atom is 0.519 e. The van der Waals surface area contributed by atoms with Crippen LogP contribution in [0.2, 0.25) is 0 Å². The highest BCUT2D eigenvalue weighted by Gasteiger charge is 2.82. The molecule has 0 saturated carbocycles. The molecule has 1 atom stereocenters. The highest BCUT2D eigenvalue weighted by atomic mass is 32.3. The van der Waals surface area contributed by atoms with E-state index in [4.69, 9.17) is 5.11 Å². The molecule has 23 heteroatoms. The van der Waals surface area contributed by atoms with Crippen molar-refractivity contribution in [1.29, 1.82) is 0 Å². The molecule has 5 nitrogen and oxygen atoms in total. The Kier molecular flexibility index (Phi) is 9.11. The SMILES string of the molecule is O=S(=O)(F)C(F)(F)C(F)(F)OC(F)(C(F)(F)F)C(F)(F)OC(F)=C(F)F.OC(F)(F)F. The van der Waals surface area contributed by atoms with Crippen molar-refractivity contribution in [1.82, 2.24) is 0 Å².